The van der Waals surface area contributed by atoms with Crippen molar-refractivity contribution in [1.82, 2.24) is 0 Å². The van der Waals surface area contributed by atoms with Crippen molar-refractivity contribution in [2.24, 2.45) is 0 Å². The zero-order valence-electron chi connectivity index (χ0n) is 11.3. The normalized spacial score (nSPS) is 21.6. The van der Waals surface area contributed by atoms with Gasteiger partial charge in [0.1, 0.15) is 0 Å². The van der Waals surface area contributed by atoms with Gasteiger partial charge in [-0.15, -0.1) is 0 Å². The minimum absolute atomic E-state index is 0.440. The van der Waals surface area contributed by atoms with E-state index >= 15 is 0 Å². The van der Waals surface area contributed by atoms with Crippen LogP contribution in [0, 0.1) is 0 Å². The molecule has 1 nitrogen and oxygen atoms in total. The molecule has 2 atom stereocenters. The molecule has 98 valence electrons. The molecule has 1 heteroatoms. The second-order valence-electron chi connectivity index (χ2n) is 5.23. The summed E-state index contributed by atoms with van der Waals surface area (Å²) in [4.78, 5) is 0. The topological polar surface area (TPSA) is 12.5 Å². The van der Waals surface area contributed by atoms with Gasteiger partial charge in [-0.25, -0.2) is 0 Å². The number of ether oxygens (including phenoxy) is 1. The van der Waals surface area contributed by atoms with Crippen molar-refractivity contribution in [2.45, 2.75) is 37.9 Å². The van der Waals surface area contributed by atoms with E-state index in [-0.39, 0.29) is 0 Å². The Morgan fingerprint density at radius 1 is 0.842 bits per heavy atom. The second kappa shape index (κ2) is 5.58. The van der Waals surface area contributed by atoms with E-state index in [4.69, 9.17) is 4.74 Å². The van der Waals surface area contributed by atoms with Gasteiger partial charge >= 0.3 is 0 Å². The molecule has 1 fully saturated rings. The highest BCUT2D eigenvalue weighted by atomic mass is 16.6. The van der Waals surface area contributed by atoms with Gasteiger partial charge in [0, 0.05) is 5.92 Å². The first kappa shape index (κ1) is 12.4. The molecular weight excluding hydrogens is 232 g/mol. The van der Waals surface area contributed by atoms with Crippen LogP contribution >= 0.6 is 0 Å². The van der Waals surface area contributed by atoms with Crippen LogP contribution in [0.1, 0.15) is 36.8 Å². The Morgan fingerprint density at radius 2 is 1.37 bits per heavy atom. The molecule has 0 amide bonds. The van der Waals surface area contributed by atoms with Gasteiger partial charge in [-0.3, -0.25) is 0 Å². The lowest BCUT2D eigenvalue weighted by molar-refractivity contribution is 0.355. The predicted molar refractivity (Wildman–Crippen MR) is 78.3 cm³/mol. The van der Waals surface area contributed by atoms with Crippen molar-refractivity contribution in [1.29, 1.82) is 0 Å². The third-order valence-corrected chi connectivity index (χ3v) is 3.96. The van der Waals surface area contributed by atoms with E-state index < -0.39 is 0 Å². The molecular formula is C18H20O. The molecule has 0 aliphatic carbocycles. The van der Waals surface area contributed by atoms with Crippen LogP contribution in [0.5, 0.6) is 0 Å². The van der Waals surface area contributed by atoms with Crippen LogP contribution in [-0.2, 0) is 4.74 Å². The molecule has 0 radical (unpaired) electrons. The number of epoxide rings is 1. The third-order valence-electron chi connectivity index (χ3n) is 3.96. The molecule has 0 N–H and O–H groups in total. The van der Waals surface area contributed by atoms with Gasteiger partial charge in [0.25, 0.3) is 0 Å². The molecule has 1 heterocycles. The third kappa shape index (κ3) is 2.87. The molecule has 0 aromatic heterocycles. The number of hydrogen-bond acceptors (Lipinski definition) is 1. The minimum Gasteiger partial charge on any atom is -0.370 e. The SMILES string of the molecule is CCC1OC1CC(c1ccccc1)c1ccccc1. The Labute approximate surface area is 115 Å². The van der Waals surface area contributed by atoms with Crippen LogP contribution in [0.15, 0.2) is 60.7 Å². The summed E-state index contributed by atoms with van der Waals surface area (Å²) < 4.78 is 5.74. The molecule has 0 saturated carbocycles. The fourth-order valence-electron chi connectivity index (χ4n) is 2.81. The minimum atomic E-state index is 0.440. The van der Waals surface area contributed by atoms with Gasteiger partial charge in [-0.1, -0.05) is 67.6 Å². The van der Waals surface area contributed by atoms with Gasteiger partial charge in [0.05, 0.1) is 12.2 Å². The zero-order valence-corrected chi connectivity index (χ0v) is 11.3. The van der Waals surface area contributed by atoms with Crippen LogP contribution < -0.4 is 0 Å². The van der Waals surface area contributed by atoms with E-state index in [1.54, 1.807) is 0 Å². The average Bonchev–Trinajstić information content (AvgIpc) is 3.25. The van der Waals surface area contributed by atoms with E-state index in [0.29, 0.717) is 18.1 Å². The van der Waals surface area contributed by atoms with Crippen molar-refractivity contribution in [3.05, 3.63) is 71.8 Å². The Morgan fingerprint density at radius 3 is 1.79 bits per heavy atom. The van der Waals surface area contributed by atoms with Crippen LogP contribution in [-0.4, -0.2) is 12.2 Å². The van der Waals surface area contributed by atoms with Crippen molar-refractivity contribution >= 4 is 0 Å². The van der Waals surface area contributed by atoms with E-state index in [9.17, 15) is 0 Å². The monoisotopic (exact) mass is 252 g/mol. The summed E-state index contributed by atoms with van der Waals surface area (Å²) in [7, 11) is 0. The lowest BCUT2D eigenvalue weighted by Crippen LogP contribution is -2.06. The summed E-state index contributed by atoms with van der Waals surface area (Å²) in [6.07, 6.45) is 3.14. The van der Waals surface area contributed by atoms with Crippen LogP contribution in [0.2, 0.25) is 0 Å². The molecule has 1 aliphatic rings. The van der Waals surface area contributed by atoms with Gasteiger partial charge in [0.2, 0.25) is 0 Å². The summed E-state index contributed by atoms with van der Waals surface area (Å²) in [5.74, 6) is 0.448. The highest BCUT2D eigenvalue weighted by Gasteiger charge is 2.38. The molecule has 1 saturated heterocycles. The van der Waals surface area contributed by atoms with E-state index in [1.165, 1.54) is 11.1 Å². The van der Waals surface area contributed by atoms with Gasteiger partial charge < -0.3 is 4.74 Å². The fourth-order valence-corrected chi connectivity index (χ4v) is 2.81. The van der Waals surface area contributed by atoms with Crippen LogP contribution in [0.4, 0.5) is 0 Å². The summed E-state index contributed by atoms with van der Waals surface area (Å²) in [5, 5.41) is 0. The molecule has 19 heavy (non-hydrogen) atoms. The van der Waals surface area contributed by atoms with E-state index in [2.05, 4.69) is 67.6 Å². The first-order valence-corrected chi connectivity index (χ1v) is 7.14. The molecule has 0 bridgehead atoms. The zero-order chi connectivity index (χ0) is 13.1. The maximum atomic E-state index is 5.74. The highest BCUT2D eigenvalue weighted by molar-refractivity contribution is 5.32. The molecule has 1 aliphatic heterocycles. The molecule has 3 rings (SSSR count). The quantitative estimate of drug-likeness (QED) is 0.719. The van der Waals surface area contributed by atoms with Crippen molar-refractivity contribution in [3.8, 4) is 0 Å². The number of rotatable bonds is 5. The van der Waals surface area contributed by atoms with Crippen molar-refractivity contribution in [3.63, 3.8) is 0 Å². The smallest absolute Gasteiger partial charge is 0.0850 e. The lowest BCUT2D eigenvalue weighted by atomic mass is 9.87. The van der Waals surface area contributed by atoms with E-state index in [0.717, 1.165) is 12.8 Å². The standard InChI is InChI=1S/C18H20O/c1-2-17-18(19-17)13-16(14-9-5-3-6-10-14)15-11-7-4-8-12-15/h3-12,16-18H,2,13H2,1H3. The second-order valence-corrected chi connectivity index (χ2v) is 5.23. The molecule has 2 unspecified atom stereocenters. The van der Waals surface area contributed by atoms with Gasteiger partial charge in [-0.2, -0.15) is 0 Å². The highest BCUT2D eigenvalue weighted by Crippen LogP contribution is 2.37. The average molecular weight is 252 g/mol. The summed E-state index contributed by atoms with van der Waals surface area (Å²) >= 11 is 0. The Bertz CT molecular complexity index is 466. The van der Waals surface area contributed by atoms with Crippen molar-refractivity contribution in [2.75, 3.05) is 0 Å². The molecule has 2 aromatic carbocycles. The maximum Gasteiger partial charge on any atom is 0.0850 e. The summed E-state index contributed by atoms with van der Waals surface area (Å²) in [6, 6.07) is 21.5. The summed E-state index contributed by atoms with van der Waals surface area (Å²) in [6.45, 7) is 2.20. The van der Waals surface area contributed by atoms with Gasteiger partial charge in [-0.05, 0) is 24.0 Å². The van der Waals surface area contributed by atoms with Gasteiger partial charge in [0.15, 0.2) is 0 Å². The first-order chi connectivity index (χ1) is 9.38. The molecule has 0 spiro atoms. The first-order valence-electron chi connectivity index (χ1n) is 7.14. The number of hydrogen-bond donors (Lipinski definition) is 0. The Balaban J connectivity index is 1.84. The van der Waals surface area contributed by atoms with Crippen LogP contribution in [0.3, 0.4) is 0 Å². The molecule has 2 aromatic rings. The van der Waals surface area contributed by atoms with Crippen LogP contribution in [0.25, 0.3) is 0 Å². The largest absolute Gasteiger partial charge is 0.370 e. The fraction of sp³-hybridized carbons (Fsp3) is 0.333. The van der Waals surface area contributed by atoms with Crippen molar-refractivity contribution < 1.29 is 4.74 Å². The Kier molecular flexibility index (Phi) is 3.65. The number of benzene rings is 2. The maximum absolute atomic E-state index is 5.74. The lowest BCUT2D eigenvalue weighted by Gasteiger charge is -2.17. The van der Waals surface area contributed by atoms with E-state index in [1.807, 2.05) is 0 Å². The predicted octanol–water partition coefficient (Wildman–Crippen LogP) is 4.39. The summed E-state index contributed by atoms with van der Waals surface area (Å²) in [5.41, 5.74) is 2.78. The Hall–Kier alpha value is -1.60.